The van der Waals surface area contributed by atoms with Crippen LogP contribution in [0.25, 0.3) is 44.5 Å². The van der Waals surface area contributed by atoms with E-state index in [1.54, 1.807) is 48.5 Å². The monoisotopic (exact) mass is 1030 g/mol. The highest BCUT2D eigenvalue weighted by Gasteiger charge is 2.18. The van der Waals surface area contributed by atoms with Gasteiger partial charge in [0.1, 0.15) is 46.5 Å². The molecule has 0 saturated heterocycles. The van der Waals surface area contributed by atoms with Gasteiger partial charge >= 0.3 is 0 Å². The Kier molecular flexibility index (Phi) is 18.3. The number of aromatic amines is 4. The molecule has 0 radical (unpaired) electrons. The molecule has 0 spiro atoms. The fraction of sp³-hybridized carbons (Fsp3) is 0.143. The molecule has 0 atom stereocenters. The van der Waals surface area contributed by atoms with E-state index < -0.39 is 0 Å². The highest BCUT2D eigenvalue weighted by atomic mass is 35.5. The summed E-state index contributed by atoms with van der Waals surface area (Å²) < 4.78 is 0. The van der Waals surface area contributed by atoms with Crippen LogP contribution in [0.1, 0.15) is 67.3 Å². The molecule has 8 rings (SSSR count). The van der Waals surface area contributed by atoms with Gasteiger partial charge in [0.2, 0.25) is 0 Å². The molecule has 0 aliphatic heterocycles. The molecule has 0 aliphatic carbocycles. The van der Waals surface area contributed by atoms with Crippen molar-refractivity contribution in [1.82, 2.24) is 19.9 Å². The zero-order valence-corrected chi connectivity index (χ0v) is 43.2. The van der Waals surface area contributed by atoms with Gasteiger partial charge in [-0.2, -0.15) is 21.0 Å². The first-order valence-electron chi connectivity index (χ1n) is 21.8. The Balaban J connectivity index is 0.000000178. The molecular formula is C56H44Cl4N8O4. The lowest BCUT2D eigenvalue weighted by molar-refractivity contribution is 1.09. The lowest BCUT2D eigenvalue weighted by Crippen LogP contribution is -2.14. The van der Waals surface area contributed by atoms with Crippen molar-refractivity contribution >= 4 is 46.4 Å². The number of aryl methyl sites for hydroxylation is 4. The number of H-pyrrole nitrogens is 4. The molecule has 0 aliphatic rings. The Morgan fingerprint density at radius 2 is 0.458 bits per heavy atom. The summed E-state index contributed by atoms with van der Waals surface area (Å²) in [5.41, 5.74) is 11.8. The van der Waals surface area contributed by atoms with Gasteiger partial charge in [0.05, 0.1) is 0 Å². The van der Waals surface area contributed by atoms with E-state index in [-0.39, 0.29) is 44.5 Å². The van der Waals surface area contributed by atoms with Crippen LogP contribution in [-0.4, -0.2) is 19.9 Å². The summed E-state index contributed by atoms with van der Waals surface area (Å²) in [6, 6.07) is 36.3. The highest BCUT2D eigenvalue weighted by Crippen LogP contribution is 2.31. The molecule has 0 saturated carbocycles. The molecule has 360 valence electrons. The molecule has 16 heteroatoms. The summed E-state index contributed by atoms with van der Waals surface area (Å²) >= 11 is 23.4. The summed E-state index contributed by atoms with van der Waals surface area (Å²) in [5.74, 6) is 0. The van der Waals surface area contributed by atoms with Gasteiger partial charge in [-0.15, -0.1) is 0 Å². The third kappa shape index (κ3) is 12.4. The maximum atomic E-state index is 11.8. The van der Waals surface area contributed by atoms with Gasteiger partial charge in [-0.25, -0.2) is 0 Å². The number of rotatable bonds is 4. The summed E-state index contributed by atoms with van der Waals surface area (Å²) in [5, 5.41) is 39.0. The molecule has 72 heavy (non-hydrogen) atoms. The van der Waals surface area contributed by atoms with Crippen molar-refractivity contribution in [1.29, 1.82) is 21.0 Å². The summed E-state index contributed by atoms with van der Waals surface area (Å²) in [7, 11) is 0. The number of nitriles is 4. The van der Waals surface area contributed by atoms with E-state index in [1.807, 2.05) is 128 Å². The van der Waals surface area contributed by atoms with E-state index in [4.69, 9.17) is 67.5 Å². The zero-order valence-electron chi connectivity index (χ0n) is 40.2. The molecule has 0 fully saturated rings. The first-order chi connectivity index (χ1) is 34.2. The maximum Gasteiger partial charge on any atom is 0.266 e. The molecule has 8 aromatic rings. The van der Waals surface area contributed by atoms with Crippen molar-refractivity contribution in [2.24, 2.45) is 0 Å². The van der Waals surface area contributed by atoms with E-state index in [0.717, 1.165) is 67.3 Å². The van der Waals surface area contributed by atoms with Crippen LogP contribution in [0.5, 0.6) is 0 Å². The van der Waals surface area contributed by atoms with E-state index >= 15 is 0 Å². The number of hydrogen-bond donors (Lipinski definition) is 4. The van der Waals surface area contributed by atoms with E-state index in [1.165, 1.54) is 0 Å². The molecule has 0 bridgehead atoms. The quantitative estimate of drug-likeness (QED) is 0.132. The number of nitrogens with zero attached hydrogens (tertiary/aromatic N) is 4. The third-order valence-corrected chi connectivity index (χ3v) is 12.8. The minimum atomic E-state index is -0.356. The number of aromatic nitrogens is 4. The fourth-order valence-electron chi connectivity index (χ4n) is 7.60. The Labute approximate surface area is 435 Å². The molecule has 4 N–H and O–H groups in total. The Bertz CT molecular complexity index is 3270. The van der Waals surface area contributed by atoms with Gasteiger partial charge < -0.3 is 19.9 Å². The fourth-order valence-corrected chi connectivity index (χ4v) is 8.10. The van der Waals surface area contributed by atoms with Crippen molar-refractivity contribution < 1.29 is 0 Å². The minimum absolute atomic E-state index is 0.139. The molecule has 0 amide bonds. The van der Waals surface area contributed by atoms with E-state index in [0.29, 0.717) is 42.3 Å². The third-order valence-electron chi connectivity index (χ3n) is 11.8. The Morgan fingerprint density at radius 1 is 0.306 bits per heavy atom. The molecule has 4 aromatic carbocycles. The number of nitrogens with one attached hydrogen (secondary N) is 4. The van der Waals surface area contributed by atoms with E-state index in [9.17, 15) is 19.2 Å². The van der Waals surface area contributed by atoms with Crippen molar-refractivity contribution in [2.45, 2.75) is 55.4 Å². The molecule has 4 heterocycles. The first kappa shape index (κ1) is 54.7. The normalized spacial score (nSPS) is 10.1. The predicted molar refractivity (Wildman–Crippen MR) is 287 cm³/mol. The standard InChI is InChI=1S/4C14H11ClN2O/c4*1-8-9(2)17-14(18)12(7-16)13(8)10-3-5-11(15)6-4-10/h4*3-6H,1-2H3,(H,17,18). The SMILES string of the molecule is Cc1[nH]c(=O)c(C#N)c(-c2ccc(Cl)cc2)c1C.Cc1[nH]c(=O)c(C#N)c(-c2ccc(Cl)cc2)c1C.Cc1[nH]c(=O)c(C#N)c(-c2ccc(Cl)cc2)c1C.Cc1[nH]c(=O)c(C#N)c(-c2ccc(Cl)cc2)c1C. The molecule has 0 unspecified atom stereocenters. The topological polar surface area (TPSA) is 227 Å². The van der Waals surface area contributed by atoms with Crippen LogP contribution in [0.15, 0.2) is 116 Å². The number of hydrogen-bond acceptors (Lipinski definition) is 8. The smallest absolute Gasteiger partial charge is 0.266 e. The van der Waals surface area contributed by atoms with Crippen LogP contribution in [0.3, 0.4) is 0 Å². The van der Waals surface area contributed by atoms with Gasteiger partial charge in [0, 0.05) is 65.1 Å². The number of pyridine rings is 4. The Hall–Kier alpha value is -8.20. The summed E-state index contributed by atoms with van der Waals surface area (Å²) in [4.78, 5) is 57.8. The van der Waals surface area contributed by atoms with Crippen LogP contribution < -0.4 is 22.2 Å². The molecule has 12 nitrogen and oxygen atoms in total. The second kappa shape index (κ2) is 24.1. The molecular weight excluding hydrogens is 990 g/mol. The highest BCUT2D eigenvalue weighted by molar-refractivity contribution is 6.31. The second-order valence-electron chi connectivity index (χ2n) is 16.3. The average Bonchev–Trinajstić information content (AvgIpc) is 3.35. The van der Waals surface area contributed by atoms with Crippen LogP contribution >= 0.6 is 46.4 Å². The van der Waals surface area contributed by atoms with E-state index in [2.05, 4.69) is 19.9 Å². The average molecular weight is 1030 g/mol. The second-order valence-corrected chi connectivity index (χ2v) is 18.0. The van der Waals surface area contributed by atoms with Crippen molar-refractivity contribution in [3.8, 4) is 68.8 Å². The molecule has 4 aromatic heterocycles. The maximum absolute atomic E-state index is 11.8. The van der Waals surface area contributed by atoms with Gasteiger partial charge in [0.25, 0.3) is 22.2 Å². The van der Waals surface area contributed by atoms with Gasteiger partial charge in [0.15, 0.2) is 0 Å². The van der Waals surface area contributed by atoms with Crippen LogP contribution in [-0.2, 0) is 0 Å². The minimum Gasteiger partial charge on any atom is -0.325 e. The van der Waals surface area contributed by atoms with Crippen molar-refractivity contribution in [3.05, 3.63) is 226 Å². The summed E-state index contributed by atoms with van der Waals surface area (Å²) in [6.07, 6.45) is 0. The lowest BCUT2D eigenvalue weighted by atomic mass is 9.96. The van der Waals surface area contributed by atoms with Crippen molar-refractivity contribution in [3.63, 3.8) is 0 Å². The van der Waals surface area contributed by atoms with Gasteiger partial charge in [-0.1, -0.05) is 94.9 Å². The first-order valence-corrected chi connectivity index (χ1v) is 23.3. The zero-order chi connectivity index (χ0) is 53.1. The predicted octanol–water partition coefficient (Wildman–Crippen LogP) is 12.7. The number of benzene rings is 4. The van der Waals surface area contributed by atoms with Gasteiger partial charge in [-0.3, -0.25) is 19.2 Å². The van der Waals surface area contributed by atoms with Crippen LogP contribution in [0.4, 0.5) is 0 Å². The van der Waals surface area contributed by atoms with Crippen molar-refractivity contribution in [2.75, 3.05) is 0 Å². The Morgan fingerprint density at radius 3 is 0.597 bits per heavy atom. The van der Waals surface area contributed by atoms with Gasteiger partial charge in [-0.05, 0) is 148 Å². The lowest BCUT2D eigenvalue weighted by Gasteiger charge is -2.10. The largest absolute Gasteiger partial charge is 0.325 e. The van der Waals surface area contributed by atoms with Crippen LogP contribution in [0, 0.1) is 101 Å². The number of halogens is 4. The summed E-state index contributed by atoms with van der Waals surface area (Å²) in [6.45, 7) is 14.8. The van der Waals surface area contributed by atoms with Crippen LogP contribution in [0.2, 0.25) is 20.1 Å².